The summed E-state index contributed by atoms with van der Waals surface area (Å²) in [5, 5.41) is 5.37. The number of amides is 2. The number of esters is 1. The van der Waals surface area contributed by atoms with Crippen molar-refractivity contribution in [2.24, 2.45) is 11.7 Å². The number of rotatable bonds is 8. The lowest BCUT2D eigenvalue weighted by Crippen LogP contribution is -2.58. The zero-order chi connectivity index (χ0) is 20.8. The van der Waals surface area contributed by atoms with Gasteiger partial charge in [-0.25, -0.2) is 4.79 Å². The molecule has 150 valence electrons. The predicted molar refractivity (Wildman–Crippen MR) is 108 cm³/mol. The van der Waals surface area contributed by atoms with Gasteiger partial charge in [0.25, 0.3) is 0 Å². The molecular formula is C19H28BrN3O4. The summed E-state index contributed by atoms with van der Waals surface area (Å²) in [5.74, 6) is -0.763. The first-order chi connectivity index (χ1) is 12.4. The van der Waals surface area contributed by atoms with E-state index in [1.807, 2.05) is 13.8 Å². The first-order valence-electron chi connectivity index (χ1n) is 8.74. The second kappa shape index (κ2) is 9.85. The van der Waals surface area contributed by atoms with Crippen LogP contribution in [0, 0.1) is 5.92 Å². The first-order valence-corrected chi connectivity index (χ1v) is 9.53. The van der Waals surface area contributed by atoms with Gasteiger partial charge in [-0.05, 0) is 50.5 Å². The van der Waals surface area contributed by atoms with E-state index in [0.717, 1.165) is 4.47 Å². The van der Waals surface area contributed by atoms with E-state index in [0.29, 0.717) is 12.1 Å². The zero-order valence-electron chi connectivity index (χ0n) is 16.3. The van der Waals surface area contributed by atoms with Gasteiger partial charge in [-0.3, -0.25) is 9.59 Å². The zero-order valence-corrected chi connectivity index (χ0v) is 17.9. The molecule has 0 aromatic heterocycles. The second-order valence-electron chi connectivity index (χ2n) is 7.36. The number of urea groups is 1. The van der Waals surface area contributed by atoms with Gasteiger partial charge < -0.3 is 21.1 Å². The van der Waals surface area contributed by atoms with Gasteiger partial charge in [-0.1, -0.05) is 29.8 Å². The fourth-order valence-corrected chi connectivity index (χ4v) is 2.83. The Hall–Kier alpha value is -1.93. The highest BCUT2D eigenvalue weighted by Crippen LogP contribution is 2.18. The van der Waals surface area contributed by atoms with Crippen molar-refractivity contribution in [1.29, 1.82) is 0 Å². The average Bonchev–Trinajstić information content (AvgIpc) is 2.53. The van der Waals surface area contributed by atoms with Gasteiger partial charge in [-0.15, -0.1) is 0 Å². The minimum atomic E-state index is -1.18. The Morgan fingerprint density at radius 1 is 1.19 bits per heavy atom. The maximum Gasteiger partial charge on any atom is 0.319 e. The molecule has 1 aromatic carbocycles. The summed E-state index contributed by atoms with van der Waals surface area (Å²) < 4.78 is 6.06. The van der Waals surface area contributed by atoms with Gasteiger partial charge in [0.2, 0.25) is 0 Å². The SMILES string of the molecule is CC(=O)OC(C)(C)C(N)C(=O)[C@H](CC(C)C)NC(=O)Nc1ccc(Br)cc1. The molecule has 0 bridgehead atoms. The van der Waals surface area contributed by atoms with Gasteiger partial charge in [0, 0.05) is 17.1 Å². The number of halogens is 1. The van der Waals surface area contributed by atoms with E-state index in [9.17, 15) is 14.4 Å². The molecule has 2 amide bonds. The highest BCUT2D eigenvalue weighted by Gasteiger charge is 2.39. The van der Waals surface area contributed by atoms with Crippen LogP contribution >= 0.6 is 15.9 Å². The Bertz CT molecular complexity index is 674. The van der Waals surface area contributed by atoms with E-state index in [-0.39, 0.29) is 11.7 Å². The van der Waals surface area contributed by atoms with E-state index in [4.69, 9.17) is 10.5 Å². The minimum absolute atomic E-state index is 0.149. The number of carbonyl (C=O) groups excluding carboxylic acids is 3. The molecule has 2 atom stereocenters. The van der Waals surface area contributed by atoms with E-state index >= 15 is 0 Å². The van der Waals surface area contributed by atoms with Crippen LogP contribution in [-0.4, -0.2) is 35.5 Å². The fraction of sp³-hybridized carbons (Fsp3) is 0.526. The standard InChI is InChI=1S/C19H28BrN3O4/c1-11(2)10-15(16(25)17(21)19(4,5)27-12(3)24)23-18(26)22-14-8-6-13(20)7-9-14/h6-9,11,15,17H,10,21H2,1-5H3,(H2,22,23,26)/t15-,17?/m0/s1. The molecule has 0 saturated heterocycles. The Kier molecular flexibility index (Phi) is 8.43. The molecule has 1 aromatic rings. The third-order valence-corrected chi connectivity index (χ3v) is 4.45. The van der Waals surface area contributed by atoms with Gasteiger partial charge in [-0.2, -0.15) is 0 Å². The number of anilines is 1. The van der Waals surface area contributed by atoms with Crippen LogP contribution in [0.1, 0.15) is 41.0 Å². The minimum Gasteiger partial charge on any atom is -0.458 e. The van der Waals surface area contributed by atoms with Crippen LogP contribution < -0.4 is 16.4 Å². The molecule has 4 N–H and O–H groups in total. The van der Waals surface area contributed by atoms with E-state index in [2.05, 4.69) is 26.6 Å². The van der Waals surface area contributed by atoms with Crippen LogP contribution in [0.2, 0.25) is 0 Å². The largest absolute Gasteiger partial charge is 0.458 e. The van der Waals surface area contributed by atoms with Gasteiger partial charge in [0.05, 0.1) is 6.04 Å². The first kappa shape index (κ1) is 23.1. The van der Waals surface area contributed by atoms with Crippen molar-refractivity contribution in [1.82, 2.24) is 5.32 Å². The van der Waals surface area contributed by atoms with E-state index in [1.54, 1.807) is 38.1 Å². The number of ketones is 1. The molecule has 0 saturated carbocycles. The van der Waals surface area contributed by atoms with Gasteiger partial charge in [0.15, 0.2) is 5.78 Å². The summed E-state index contributed by atoms with van der Waals surface area (Å²) in [5.41, 5.74) is 5.48. The molecular weight excluding hydrogens is 414 g/mol. The molecule has 1 unspecified atom stereocenters. The fourth-order valence-electron chi connectivity index (χ4n) is 2.57. The molecule has 27 heavy (non-hydrogen) atoms. The molecule has 8 heteroatoms. The quantitative estimate of drug-likeness (QED) is 0.536. The monoisotopic (exact) mass is 441 g/mol. The maximum absolute atomic E-state index is 12.9. The van der Waals surface area contributed by atoms with Crippen molar-refractivity contribution in [3.05, 3.63) is 28.7 Å². The summed E-state index contributed by atoms with van der Waals surface area (Å²) in [6.07, 6.45) is 0.413. The normalized spacial score (nSPS) is 13.6. The number of carbonyl (C=O) groups is 3. The molecule has 0 radical (unpaired) electrons. The summed E-state index contributed by atoms with van der Waals surface area (Å²) in [6, 6.07) is 4.68. The number of nitrogens with two attached hydrogens (primary N) is 1. The van der Waals surface area contributed by atoms with Crippen LogP contribution in [0.25, 0.3) is 0 Å². The summed E-state index contributed by atoms with van der Waals surface area (Å²) in [7, 11) is 0. The molecule has 0 aliphatic heterocycles. The topological polar surface area (TPSA) is 111 Å². The Labute approximate surface area is 168 Å². The molecule has 0 fully saturated rings. The number of hydrogen-bond donors (Lipinski definition) is 3. The van der Waals surface area contributed by atoms with E-state index < -0.39 is 29.7 Å². The lowest BCUT2D eigenvalue weighted by Gasteiger charge is -2.32. The predicted octanol–water partition coefficient (Wildman–Crippen LogP) is 3.22. The molecule has 1 rings (SSSR count). The number of benzene rings is 1. The third-order valence-electron chi connectivity index (χ3n) is 3.92. The highest BCUT2D eigenvalue weighted by molar-refractivity contribution is 9.10. The van der Waals surface area contributed by atoms with Crippen molar-refractivity contribution in [2.45, 2.75) is 58.7 Å². The van der Waals surface area contributed by atoms with Crippen molar-refractivity contribution >= 4 is 39.4 Å². The molecule has 0 aliphatic carbocycles. The van der Waals surface area contributed by atoms with Gasteiger partial charge >= 0.3 is 12.0 Å². The number of Topliss-reactive ketones (excluding diaryl/α,β-unsaturated/α-hetero) is 1. The van der Waals surface area contributed by atoms with Crippen LogP contribution in [0.15, 0.2) is 28.7 Å². The Morgan fingerprint density at radius 3 is 2.22 bits per heavy atom. The molecule has 0 spiro atoms. The summed E-state index contributed by atoms with van der Waals surface area (Å²) >= 11 is 3.33. The Balaban J connectivity index is 2.87. The number of ether oxygens (including phenoxy) is 1. The number of nitrogens with one attached hydrogen (secondary N) is 2. The van der Waals surface area contributed by atoms with Crippen molar-refractivity contribution in [2.75, 3.05) is 5.32 Å². The molecule has 0 aliphatic rings. The van der Waals surface area contributed by atoms with E-state index in [1.165, 1.54) is 6.92 Å². The lowest BCUT2D eigenvalue weighted by molar-refractivity contribution is -0.157. The summed E-state index contributed by atoms with van der Waals surface area (Å²) in [6.45, 7) is 8.29. The van der Waals surface area contributed by atoms with Crippen molar-refractivity contribution in [3.8, 4) is 0 Å². The van der Waals surface area contributed by atoms with Crippen LogP contribution in [0.5, 0.6) is 0 Å². The highest BCUT2D eigenvalue weighted by atomic mass is 79.9. The maximum atomic E-state index is 12.9. The third kappa shape index (κ3) is 7.68. The van der Waals surface area contributed by atoms with Crippen molar-refractivity contribution in [3.63, 3.8) is 0 Å². The van der Waals surface area contributed by atoms with Crippen LogP contribution in [0.3, 0.4) is 0 Å². The van der Waals surface area contributed by atoms with Crippen LogP contribution in [-0.2, 0) is 14.3 Å². The van der Waals surface area contributed by atoms with Gasteiger partial charge in [0.1, 0.15) is 11.6 Å². The summed E-state index contributed by atoms with van der Waals surface area (Å²) in [4.78, 5) is 36.5. The average molecular weight is 442 g/mol. The molecule has 0 heterocycles. The molecule has 7 nitrogen and oxygen atoms in total. The smallest absolute Gasteiger partial charge is 0.319 e. The second-order valence-corrected chi connectivity index (χ2v) is 8.28. The van der Waals surface area contributed by atoms with Crippen molar-refractivity contribution < 1.29 is 19.1 Å². The van der Waals surface area contributed by atoms with Crippen LogP contribution in [0.4, 0.5) is 10.5 Å². The number of hydrogen-bond acceptors (Lipinski definition) is 5. The Morgan fingerprint density at radius 2 is 1.74 bits per heavy atom. The lowest BCUT2D eigenvalue weighted by atomic mass is 9.88.